The summed E-state index contributed by atoms with van der Waals surface area (Å²) < 4.78 is 1.81. The zero-order valence-electron chi connectivity index (χ0n) is 15.2. The van der Waals surface area contributed by atoms with Crippen molar-refractivity contribution in [1.29, 1.82) is 0 Å². The largest absolute Gasteiger partial charge is 0.338 e. The number of aromatic nitrogens is 2. The van der Waals surface area contributed by atoms with Crippen molar-refractivity contribution >= 4 is 29.7 Å². The van der Waals surface area contributed by atoms with Crippen molar-refractivity contribution in [3.8, 4) is 16.3 Å². The third kappa shape index (κ3) is 4.08. The van der Waals surface area contributed by atoms with Crippen molar-refractivity contribution in [2.75, 3.05) is 20.1 Å². The van der Waals surface area contributed by atoms with E-state index in [4.69, 9.17) is 5.10 Å². The number of rotatable bonds is 4. The summed E-state index contributed by atoms with van der Waals surface area (Å²) in [4.78, 5) is 16.2. The van der Waals surface area contributed by atoms with Gasteiger partial charge in [-0.15, -0.1) is 23.7 Å². The van der Waals surface area contributed by atoms with E-state index in [0.29, 0.717) is 11.6 Å². The molecule has 5 nitrogen and oxygen atoms in total. The van der Waals surface area contributed by atoms with Gasteiger partial charge in [0.15, 0.2) is 0 Å². The lowest BCUT2D eigenvalue weighted by Crippen LogP contribution is -2.44. The Morgan fingerprint density at radius 1 is 1.15 bits per heavy atom. The molecule has 1 amide bonds. The van der Waals surface area contributed by atoms with Crippen LogP contribution in [0.1, 0.15) is 23.2 Å². The van der Waals surface area contributed by atoms with Gasteiger partial charge in [-0.05, 0) is 43.5 Å². The van der Waals surface area contributed by atoms with Gasteiger partial charge >= 0.3 is 0 Å². The van der Waals surface area contributed by atoms with Gasteiger partial charge in [-0.2, -0.15) is 5.10 Å². The maximum absolute atomic E-state index is 13.2. The summed E-state index contributed by atoms with van der Waals surface area (Å²) >= 11 is 1.61. The fourth-order valence-electron chi connectivity index (χ4n) is 3.38. The van der Waals surface area contributed by atoms with Crippen LogP contribution in [-0.4, -0.2) is 46.8 Å². The number of piperidine rings is 1. The van der Waals surface area contributed by atoms with Crippen molar-refractivity contribution in [2.24, 2.45) is 0 Å². The van der Waals surface area contributed by atoms with Crippen LogP contribution in [0.4, 0.5) is 0 Å². The highest BCUT2D eigenvalue weighted by molar-refractivity contribution is 7.13. The number of nitrogens with zero attached hydrogens (tertiary/aromatic N) is 3. The number of likely N-dealkylation sites (tertiary alicyclic amines) is 1. The zero-order chi connectivity index (χ0) is 17.9. The second kappa shape index (κ2) is 8.69. The van der Waals surface area contributed by atoms with Crippen LogP contribution in [0.5, 0.6) is 0 Å². The van der Waals surface area contributed by atoms with Crippen LogP contribution >= 0.6 is 23.7 Å². The fraction of sp³-hybridized carbons (Fsp3) is 0.300. The number of thiophene rings is 1. The lowest BCUT2D eigenvalue weighted by atomic mass is 10.0. The summed E-state index contributed by atoms with van der Waals surface area (Å²) in [7, 11) is 1.99. The monoisotopic (exact) mass is 402 g/mol. The third-order valence-corrected chi connectivity index (χ3v) is 5.79. The molecule has 4 rings (SSSR count). The van der Waals surface area contributed by atoms with Crippen molar-refractivity contribution in [2.45, 2.75) is 18.9 Å². The Balaban J connectivity index is 0.00000210. The maximum Gasteiger partial charge on any atom is 0.257 e. The number of carbonyl (C=O) groups excluding carboxylic acids is 1. The molecule has 1 saturated heterocycles. The Kier molecular flexibility index (Phi) is 6.31. The van der Waals surface area contributed by atoms with Crippen LogP contribution in [-0.2, 0) is 0 Å². The van der Waals surface area contributed by atoms with Crippen molar-refractivity contribution in [1.82, 2.24) is 20.0 Å². The molecule has 7 heteroatoms. The molecule has 27 heavy (non-hydrogen) atoms. The number of amides is 1. The number of halogens is 1. The first-order chi connectivity index (χ1) is 12.8. The first kappa shape index (κ1) is 19.6. The average Bonchev–Trinajstić information content (AvgIpc) is 3.38. The smallest absolute Gasteiger partial charge is 0.257 e. The van der Waals surface area contributed by atoms with Gasteiger partial charge in [0.05, 0.1) is 16.1 Å². The first-order valence-corrected chi connectivity index (χ1v) is 9.79. The Hall–Kier alpha value is -2.15. The first-order valence-electron chi connectivity index (χ1n) is 8.92. The summed E-state index contributed by atoms with van der Waals surface area (Å²) in [5.74, 6) is 0.0742. The van der Waals surface area contributed by atoms with E-state index in [2.05, 4.69) is 5.32 Å². The van der Waals surface area contributed by atoms with Gasteiger partial charge < -0.3 is 10.2 Å². The molecule has 1 aliphatic heterocycles. The molecule has 0 saturated carbocycles. The normalized spacial score (nSPS) is 14.8. The number of carbonyl (C=O) groups is 1. The molecular weight excluding hydrogens is 380 g/mol. The van der Waals surface area contributed by atoms with Crippen LogP contribution in [0.2, 0.25) is 0 Å². The molecule has 1 N–H and O–H groups in total. The zero-order valence-corrected chi connectivity index (χ0v) is 16.8. The van der Waals surface area contributed by atoms with Crippen molar-refractivity contribution < 1.29 is 4.79 Å². The number of nitrogens with one attached hydrogen (secondary N) is 1. The van der Waals surface area contributed by atoms with Gasteiger partial charge in [0.2, 0.25) is 0 Å². The molecule has 142 valence electrons. The lowest BCUT2D eigenvalue weighted by molar-refractivity contribution is 0.0708. The van der Waals surface area contributed by atoms with Crippen LogP contribution in [0.3, 0.4) is 0 Å². The van der Waals surface area contributed by atoms with Crippen molar-refractivity contribution in [3.05, 3.63) is 59.6 Å². The number of hydrogen-bond acceptors (Lipinski definition) is 4. The highest BCUT2D eigenvalue weighted by Gasteiger charge is 2.27. The molecule has 0 radical (unpaired) electrons. The summed E-state index contributed by atoms with van der Waals surface area (Å²) in [5, 5.41) is 10.1. The number of para-hydroxylation sites is 1. The lowest BCUT2D eigenvalue weighted by Gasteiger charge is -2.31. The van der Waals surface area contributed by atoms with E-state index in [9.17, 15) is 4.79 Å². The molecule has 3 heterocycles. The van der Waals surface area contributed by atoms with Gasteiger partial charge in [-0.1, -0.05) is 24.3 Å². The van der Waals surface area contributed by atoms with Gasteiger partial charge in [-0.25, -0.2) is 4.68 Å². The van der Waals surface area contributed by atoms with Crippen LogP contribution in [0, 0.1) is 0 Å². The number of benzene rings is 1. The minimum atomic E-state index is 0. The highest BCUT2D eigenvalue weighted by Crippen LogP contribution is 2.29. The van der Waals surface area contributed by atoms with E-state index in [-0.39, 0.29) is 18.3 Å². The molecule has 1 aliphatic rings. The molecule has 1 aromatic carbocycles. The summed E-state index contributed by atoms with van der Waals surface area (Å²) in [5.41, 5.74) is 2.40. The molecule has 0 atom stereocenters. The van der Waals surface area contributed by atoms with Crippen LogP contribution < -0.4 is 5.32 Å². The highest BCUT2D eigenvalue weighted by atomic mass is 35.5. The molecule has 0 bridgehead atoms. The predicted molar refractivity (Wildman–Crippen MR) is 112 cm³/mol. The van der Waals surface area contributed by atoms with Gasteiger partial charge in [0.1, 0.15) is 5.69 Å². The van der Waals surface area contributed by atoms with E-state index in [1.54, 1.807) is 11.3 Å². The second-order valence-electron chi connectivity index (χ2n) is 6.50. The Bertz CT molecular complexity index is 871. The number of hydrogen-bond donors (Lipinski definition) is 1. The maximum atomic E-state index is 13.2. The van der Waals surface area contributed by atoms with E-state index in [1.807, 2.05) is 70.7 Å². The van der Waals surface area contributed by atoms with Crippen molar-refractivity contribution in [3.63, 3.8) is 0 Å². The SMILES string of the molecule is CNC1CCN(C(=O)c2cn(-c3ccccc3)nc2-c2cccs2)CC1.Cl. The minimum absolute atomic E-state index is 0. The summed E-state index contributed by atoms with van der Waals surface area (Å²) in [6.07, 6.45) is 3.85. The van der Waals surface area contributed by atoms with Gasteiger partial charge in [0, 0.05) is 25.3 Å². The summed E-state index contributed by atoms with van der Waals surface area (Å²) in [6.45, 7) is 1.56. The van der Waals surface area contributed by atoms with Crippen LogP contribution in [0.25, 0.3) is 16.3 Å². The predicted octanol–water partition coefficient (Wildman–Crippen LogP) is 3.85. The van der Waals surface area contributed by atoms with E-state index in [1.165, 1.54) is 0 Å². The van der Waals surface area contributed by atoms with Gasteiger partial charge in [0.25, 0.3) is 5.91 Å². The Labute approximate surface area is 169 Å². The summed E-state index contributed by atoms with van der Waals surface area (Å²) in [6, 6.07) is 14.4. The molecular formula is C20H23ClN4OS. The van der Waals surface area contributed by atoms with E-state index in [0.717, 1.165) is 42.2 Å². The van der Waals surface area contributed by atoms with E-state index >= 15 is 0 Å². The van der Waals surface area contributed by atoms with Gasteiger partial charge in [-0.3, -0.25) is 4.79 Å². The molecule has 0 spiro atoms. The third-order valence-electron chi connectivity index (χ3n) is 4.91. The Morgan fingerprint density at radius 2 is 1.89 bits per heavy atom. The molecule has 3 aromatic rings. The minimum Gasteiger partial charge on any atom is -0.338 e. The standard InChI is InChI=1S/C20H22N4OS.ClH/c1-21-15-9-11-23(12-10-15)20(25)17-14-24(16-6-3-2-4-7-16)22-19(17)18-8-5-13-26-18;/h2-8,13-15,21H,9-12H2,1H3;1H. The molecule has 2 aromatic heterocycles. The van der Waals surface area contributed by atoms with Crippen LogP contribution in [0.15, 0.2) is 54.0 Å². The average molecular weight is 403 g/mol. The van der Waals surface area contributed by atoms with E-state index < -0.39 is 0 Å². The second-order valence-corrected chi connectivity index (χ2v) is 7.45. The molecule has 0 aliphatic carbocycles. The molecule has 1 fully saturated rings. The topological polar surface area (TPSA) is 50.2 Å². The quantitative estimate of drug-likeness (QED) is 0.721. The fourth-order valence-corrected chi connectivity index (χ4v) is 4.10. The molecule has 0 unspecified atom stereocenters. The Morgan fingerprint density at radius 3 is 2.52 bits per heavy atom.